The summed E-state index contributed by atoms with van der Waals surface area (Å²) in [5.74, 6) is 0. The molecule has 106 valence electrons. The van der Waals surface area contributed by atoms with Crippen molar-refractivity contribution in [3.05, 3.63) is 29.8 Å². The molecule has 0 aromatic heterocycles. The third kappa shape index (κ3) is 3.71. The minimum Gasteiger partial charge on any atom is -0.369 e. The van der Waals surface area contributed by atoms with E-state index < -0.39 is 0 Å². The van der Waals surface area contributed by atoms with Crippen LogP contribution in [0.2, 0.25) is 0 Å². The van der Waals surface area contributed by atoms with E-state index in [-0.39, 0.29) is 5.41 Å². The smallest absolute Gasteiger partial charge is 0.0369 e. The van der Waals surface area contributed by atoms with Crippen molar-refractivity contribution in [2.24, 2.45) is 0 Å². The molecule has 1 saturated heterocycles. The van der Waals surface area contributed by atoms with Gasteiger partial charge < -0.3 is 15.5 Å². The molecule has 1 aromatic carbocycles. The fourth-order valence-corrected chi connectivity index (χ4v) is 2.62. The Bertz CT molecular complexity index is 389. The maximum Gasteiger partial charge on any atom is 0.0369 e. The summed E-state index contributed by atoms with van der Waals surface area (Å²) in [7, 11) is 2.01. The Morgan fingerprint density at radius 3 is 2.53 bits per heavy atom. The predicted octanol–water partition coefficient (Wildman–Crippen LogP) is 1.98. The van der Waals surface area contributed by atoms with Gasteiger partial charge in [-0.15, -0.1) is 0 Å². The van der Waals surface area contributed by atoms with E-state index in [1.165, 1.54) is 11.3 Å². The van der Waals surface area contributed by atoms with Crippen molar-refractivity contribution in [3.8, 4) is 0 Å². The molecule has 1 unspecified atom stereocenters. The van der Waals surface area contributed by atoms with E-state index in [9.17, 15) is 0 Å². The lowest BCUT2D eigenvalue weighted by Crippen LogP contribution is -2.54. The van der Waals surface area contributed by atoms with Crippen LogP contribution in [0, 0.1) is 0 Å². The van der Waals surface area contributed by atoms with Crippen molar-refractivity contribution in [1.29, 1.82) is 0 Å². The first kappa shape index (κ1) is 14.4. The van der Waals surface area contributed by atoms with Gasteiger partial charge in [-0.2, -0.15) is 0 Å². The van der Waals surface area contributed by atoms with Gasteiger partial charge in [0.25, 0.3) is 0 Å². The van der Waals surface area contributed by atoms with Crippen LogP contribution in [0.15, 0.2) is 24.3 Å². The number of hydrogen-bond acceptors (Lipinski definition) is 3. The van der Waals surface area contributed by atoms with Gasteiger partial charge in [-0.05, 0) is 30.2 Å². The van der Waals surface area contributed by atoms with Gasteiger partial charge in [0, 0.05) is 37.9 Å². The molecular formula is C16H27N3. The van der Waals surface area contributed by atoms with Crippen LogP contribution in [0.5, 0.6) is 0 Å². The molecule has 1 aliphatic heterocycles. The highest BCUT2D eigenvalue weighted by Gasteiger charge is 2.19. The summed E-state index contributed by atoms with van der Waals surface area (Å²) in [6.07, 6.45) is 0. The molecule has 2 N–H and O–H groups in total. The highest BCUT2D eigenvalue weighted by molar-refractivity contribution is 5.49. The number of piperazine rings is 1. The largest absolute Gasteiger partial charge is 0.369 e. The van der Waals surface area contributed by atoms with Gasteiger partial charge in [0.1, 0.15) is 0 Å². The van der Waals surface area contributed by atoms with Crippen LogP contribution >= 0.6 is 0 Å². The third-order valence-corrected chi connectivity index (χ3v) is 3.80. The summed E-state index contributed by atoms with van der Waals surface area (Å²) in [5, 5.41) is 6.80. The van der Waals surface area contributed by atoms with Gasteiger partial charge in [0.2, 0.25) is 0 Å². The second-order valence-electron chi connectivity index (χ2n) is 6.45. The van der Waals surface area contributed by atoms with Gasteiger partial charge in [-0.1, -0.05) is 32.9 Å². The van der Waals surface area contributed by atoms with Crippen molar-refractivity contribution in [2.45, 2.75) is 32.2 Å². The third-order valence-electron chi connectivity index (χ3n) is 3.80. The van der Waals surface area contributed by atoms with Crippen LogP contribution in [0.25, 0.3) is 0 Å². The van der Waals surface area contributed by atoms with Crippen LogP contribution in [0.3, 0.4) is 0 Å². The second-order valence-corrected chi connectivity index (χ2v) is 6.45. The molecule has 3 heteroatoms. The zero-order valence-corrected chi connectivity index (χ0v) is 12.7. The van der Waals surface area contributed by atoms with Crippen LogP contribution in [-0.4, -0.2) is 39.3 Å². The second kappa shape index (κ2) is 5.93. The Balaban J connectivity index is 2.05. The molecule has 0 aliphatic carbocycles. The number of nitrogens with one attached hydrogen (secondary N) is 2. The molecule has 2 rings (SSSR count). The summed E-state index contributed by atoms with van der Waals surface area (Å²) in [6.45, 7) is 11.0. The summed E-state index contributed by atoms with van der Waals surface area (Å²) in [4.78, 5) is 2.48. The van der Waals surface area contributed by atoms with Crippen molar-refractivity contribution < 1.29 is 0 Å². The average Bonchev–Trinajstić information content (AvgIpc) is 2.39. The minimum atomic E-state index is 0.233. The maximum atomic E-state index is 3.55. The van der Waals surface area contributed by atoms with Gasteiger partial charge >= 0.3 is 0 Å². The molecule has 0 saturated carbocycles. The molecule has 0 amide bonds. The zero-order chi connectivity index (χ0) is 13.9. The Morgan fingerprint density at radius 1 is 1.26 bits per heavy atom. The Labute approximate surface area is 117 Å². The molecule has 0 radical (unpaired) electrons. The molecule has 0 spiro atoms. The lowest BCUT2D eigenvalue weighted by Gasteiger charge is -2.35. The minimum absolute atomic E-state index is 0.233. The average molecular weight is 261 g/mol. The molecule has 1 heterocycles. The fraction of sp³-hybridized carbons (Fsp3) is 0.625. The molecule has 1 aromatic rings. The zero-order valence-electron chi connectivity index (χ0n) is 12.7. The van der Waals surface area contributed by atoms with Crippen LogP contribution in [-0.2, 0) is 5.41 Å². The number of likely N-dealkylation sites (N-methyl/N-ethyl adjacent to an activating group) is 1. The quantitative estimate of drug-likeness (QED) is 0.871. The Morgan fingerprint density at radius 2 is 1.95 bits per heavy atom. The number of nitrogens with zero attached hydrogens (tertiary/aromatic N) is 1. The molecule has 1 atom stereocenters. The van der Waals surface area contributed by atoms with Gasteiger partial charge in [-0.3, -0.25) is 0 Å². The SMILES string of the molecule is CNCC1CN(c2ccc(C(C)(C)C)cc2)CCN1. The van der Waals surface area contributed by atoms with E-state index in [0.29, 0.717) is 6.04 Å². The summed E-state index contributed by atoms with van der Waals surface area (Å²) >= 11 is 0. The van der Waals surface area contributed by atoms with Crippen LogP contribution in [0.1, 0.15) is 26.3 Å². The molecule has 0 bridgehead atoms. The van der Waals surface area contributed by atoms with Crippen molar-refractivity contribution >= 4 is 5.69 Å². The summed E-state index contributed by atoms with van der Waals surface area (Å²) in [5.41, 5.74) is 2.98. The predicted molar refractivity (Wildman–Crippen MR) is 83.1 cm³/mol. The number of anilines is 1. The highest BCUT2D eigenvalue weighted by Crippen LogP contribution is 2.25. The first-order valence-electron chi connectivity index (χ1n) is 7.24. The first-order valence-corrected chi connectivity index (χ1v) is 7.24. The van der Waals surface area contributed by atoms with Gasteiger partial charge in [0.15, 0.2) is 0 Å². The molecule has 1 aliphatic rings. The topological polar surface area (TPSA) is 27.3 Å². The lowest BCUT2D eigenvalue weighted by atomic mass is 9.87. The van der Waals surface area contributed by atoms with E-state index in [0.717, 1.165) is 26.2 Å². The van der Waals surface area contributed by atoms with E-state index in [4.69, 9.17) is 0 Å². The fourth-order valence-electron chi connectivity index (χ4n) is 2.62. The van der Waals surface area contributed by atoms with Gasteiger partial charge in [-0.25, -0.2) is 0 Å². The van der Waals surface area contributed by atoms with Crippen molar-refractivity contribution in [1.82, 2.24) is 10.6 Å². The van der Waals surface area contributed by atoms with E-state index in [1.807, 2.05) is 7.05 Å². The molecule has 1 fully saturated rings. The molecular weight excluding hydrogens is 234 g/mol. The maximum absolute atomic E-state index is 3.55. The molecule has 19 heavy (non-hydrogen) atoms. The van der Waals surface area contributed by atoms with Crippen molar-refractivity contribution in [2.75, 3.05) is 38.1 Å². The van der Waals surface area contributed by atoms with Crippen molar-refractivity contribution in [3.63, 3.8) is 0 Å². The highest BCUT2D eigenvalue weighted by atomic mass is 15.2. The number of hydrogen-bond donors (Lipinski definition) is 2. The summed E-state index contributed by atoms with van der Waals surface area (Å²) in [6, 6.07) is 9.61. The lowest BCUT2D eigenvalue weighted by molar-refractivity contribution is 0.443. The van der Waals surface area contributed by atoms with E-state index >= 15 is 0 Å². The van der Waals surface area contributed by atoms with E-state index in [1.54, 1.807) is 0 Å². The number of benzene rings is 1. The normalized spacial score (nSPS) is 20.6. The van der Waals surface area contributed by atoms with E-state index in [2.05, 4.69) is 60.6 Å². The van der Waals surface area contributed by atoms with Gasteiger partial charge in [0.05, 0.1) is 0 Å². The summed E-state index contributed by atoms with van der Waals surface area (Å²) < 4.78 is 0. The van der Waals surface area contributed by atoms with Crippen LogP contribution in [0.4, 0.5) is 5.69 Å². The first-order chi connectivity index (χ1) is 9.00. The monoisotopic (exact) mass is 261 g/mol. The number of rotatable bonds is 3. The van der Waals surface area contributed by atoms with Crippen LogP contribution < -0.4 is 15.5 Å². The molecule has 3 nitrogen and oxygen atoms in total. The Hall–Kier alpha value is -1.06. The standard InChI is InChI=1S/C16H27N3/c1-16(2,3)13-5-7-15(8-6-13)19-10-9-18-14(12-19)11-17-4/h5-8,14,17-18H,9-12H2,1-4H3. The Kier molecular flexibility index (Phi) is 4.48.